The van der Waals surface area contributed by atoms with E-state index in [0.717, 1.165) is 70.6 Å². The van der Waals surface area contributed by atoms with Gasteiger partial charge in [0.25, 0.3) is 0 Å². The summed E-state index contributed by atoms with van der Waals surface area (Å²) in [5.74, 6) is -1.26. The Hall–Kier alpha value is -2.90. The van der Waals surface area contributed by atoms with Gasteiger partial charge in [-0.3, -0.25) is 9.59 Å². The van der Waals surface area contributed by atoms with E-state index in [1.807, 2.05) is 18.2 Å². The molecule has 0 aliphatic carbocycles. The number of aliphatic hydroxyl groups is 5. The molecule has 0 aromatic carbocycles. The Labute approximate surface area is 432 Å². The molecule has 1 heterocycles. The maximum atomic E-state index is 13.4. The third kappa shape index (κ3) is 36.6. The van der Waals surface area contributed by atoms with Crippen molar-refractivity contribution >= 4 is 11.9 Å². The highest BCUT2D eigenvalue weighted by atomic mass is 16.7. The molecule has 8 atom stereocenters. The third-order valence-electron chi connectivity index (χ3n) is 13.1. The van der Waals surface area contributed by atoms with Crippen LogP contribution < -0.4 is 5.32 Å². The van der Waals surface area contributed by atoms with Crippen LogP contribution in [-0.2, 0) is 23.8 Å². The van der Waals surface area contributed by atoms with Crippen molar-refractivity contribution < 1.29 is 49.3 Å². The first kappa shape index (κ1) is 66.1. The standard InChI is InChI=1S/C60H105NO10/c1-4-7-10-13-16-19-22-25-26-27-28-30-33-36-39-42-45-48-55(65)71-58-57(67)56(66)54(49-62)70-60(58)69-50-51(52(63)46-43-40-37-34-32-29-23-20-17-14-11-8-5-2)61-59(68)53(64)47-44-41-38-35-31-24-21-18-15-12-9-6-3/h7,10,16,19,25-26,28,30,36,39,43,46,51-54,56-58,60,62-64,66-67H,4-6,8-9,11-15,17-18,20-24,27,29,31-35,37-38,40-42,44-45,47-50H2,1-3H3,(H,61,68)/b10-7-,19-16-,26-25-,30-28-,39-36-,46-43+. The molecular weight excluding hydrogens is 895 g/mol. The summed E-state index contributed by atoms with van der Waals surface area (Å²) in [6, 6.07) is -1.03. The fourth-order valence-electron chi connectivity index (χ4n) is 8.57. The summed E-state index contributed by atoms with van der Waals surface area (Å²) in [6.45, 7) is 5.63. The summed E-state index contributed by atoms with van der Waals surface area (Å²) in [6.07, 6.45) is 49.5. The van der Waals surface area contributed by atoms with Gasteiger partial charge < -0.3 is 45.1 Å². The average Bonchev–Trinajstić information content (AvgIpc) is 3.37. The van der Waals surface area contributed by atoms with Gasteiger partial charge >= 0.3 is 5.97 Å². The van der Waals surface area contributed by atoms with Crippen LogP contribution in [0.2, 0.25) is 0 Å². The number of nitrogens with one attached hydrogen (secondary N) is 1. The summed E-state index contributed by atoms with van der Waals surface area (Å²) in [7, 11) is 0. The van der Waals surface area contributed by atoms with Crippen LogP contribution in [0, 0.1) is 0 Å². The smallest absolute Gasteiger partial charge is 0.306 e. The molecule has 11 nitrogen and oxygen atoms in total. The molecular formula is C60H105NO10. The quantitative estimate of drug-likeness (QED) is 0.0196. The monoisotopic (exact) mass is 1000 g/mol. The SMILES string of the molecule is CC/C=C\C/C=C\C/C=C\C/C=C\C/C=C\CCCC(=O)OC1C(OCC(NC(=O)C(O)CCCCCCCCCCCCCC)C(O)/C=C/CCCCCCCCCCCCC)OC(CO)C(O)C1O. The number of rotatable bonds is 47. The van der Waals surface area contributed by atoms with Gasteiger partial charge in [-0.05, 0) is 64.2 Å². The van der Waals surface area contributed by atoms with Crippen molar-refractivity contribution in [3.8, 4) is 0 Å². The highest BCUT2D eigenvalue weighted by Crippen LogP contribution is 2.26. The number of ether oxygens (including phenoxy) is 3. The fraction of sp³-hybridized carbons (Fsp3) is 0.767. The van der Waals surface area contributed by atoms with Gasteiger partial charge in [0.15, 0.2) is 12.4 Å². The second-order valence-electron chi connectivity index (χ2n) is 19.6. The van der Waals surface area contributed by atoms with Gasteiger partial charge in [-0.25, -0.2) is 0 Å². The van der Waals surface area contributed by atoms with E-state index in [-0.39, 0.29) is 19.4 Å². The molecule has 0 spiro atoms. The number of amides is 1. The number of aliphatic hydroxyl groups excluding tert-OH is 5. The first-order chi connectivity index (χ1) is 34.7. The van der Waals surface area contributed by atoms with Crippen molar-refractivity contribution in [2.24, 2.45) is 0 Å². The fourth-order valence-corrected chi connectivity index (χ4v) is 8.57. The van der Waals surface area contributed by atoms with E-state index < -0.39 is 67.4 Å². The molecule has 1 amide bonds. The molecule has 11 heteroatoms. The van der Waals surface area contributed by atoms with Crippen LogP contribution in [0.4, 0.5) is 0 Å². The highest BCUT2D eigenvalue weighted by molar-refractivity contribution is 5.80. The van der Waals surface area contributed by atoms with E-state index >= 15 is 0 Å². The largest absolute Gasteiger partial charge is 0.454 e. The van der Waals surface area contributed by atoms with Gasteiger partial charge in [-0.2, -0.15) is 0 Å². The minimum atomic E-state index is -1.64. The maximum Gasteiger partial charge on any atom is 0.306 e. The molecule has 1 aliphatic heterocycles. The zero-order chi connectivity index (χ0) is 51.8. The molecule has 0 saturated carbocycles. The molecule has 0 radical (unpaired) electrons. The lowest BCUT2D eigenvalue weighted by molar-refractivity contribution is -0.305. The molecule has 410 valence electrons. The Bertz CT molecular complexity index is 1430. The lowest BCUT2D eigenvalue weighted by Crippen LogP contribution is -2.61. The van der Waals surface area contributed by atoms with Gasteiger partial charge in [-0.1, -0.05) is 235 Å². The summed E-state index contributed by atoms with van der Waals surface area (Å²) in [5.41, 5.74) is 0. The molecule has 1 rings (SSSR count). The second kappa shape index (κ2) is 48.1. The van der Waals surface area contributed by atoms with E-state index in [1.54, 1.807) is 6.08 Å². The van der Waals surface area contributed by atoms with Gasteiger partial charge in [-0.15, -0.1) is 0 Å². The third-order valence-corrected chi connectivity index (χ3v) is 13.1. The molecule has 0 bridgehead atoms. The molecule has 71 heavy (non-hydrogen) atoms. The predicted molar refractivity (Wildman–Crippen MR) is 292 cm³/mol. The normalized spacial score (nSPS) is 20.1. The number of carbonyl (C=O) groups is 2. The van der Waals surface area contributed by atoms with E-state index in [2.05, 4.69) is 74.7 Å². The highest BCUT2D eigenvalue weighted by Gasteiger charge is 2.47. The van der Waals surface area contributed by atoms with Crippen LogP contribution in [0.3, 0.4) is 0 Å². The topological polar surface area (TPSA) is 175 Å². The number of hydrogen-bond acceptors (Lipinski definition) is 10. The first-order valence-electron chi connectivity index (χ1n) is 28.7. The van der Waals surface area contributed by atoms with Crippen LogP contribution in [-0.4, -0.2) is 99.6 Å². The van der Waals surface area contributed by atoms with Crippen LogP contribution in [0.25, 0.3) is 0 Å². The Morgan fingerprint density at radius 2 is 1.01 bits per heavy atom. The second-order valence-corrected chi connectivity index (χ2v) is 19.6. The molecule has 0 aromatic heterocycles. The predicted octanol–water partition coefficient (Wildman–Crippen LogP) is 12.8. The Morgan fingerprint density at radius 3 is 1.51 bits per heavy atom. The zero-order valence-corrected chi connectivity index (χ0v) is 45.1. The Balaban J connectivity index is 2.78. The summed E-state index contributed by atoms with van der Waals surface area (Å²) in [4.78, 5) is 26.4. The molecule has 1 aliphatic rings. The van der Waals surface area contributed by atoms with Crippen molar-refractivity contribution in [2.75, 3.05) is 13.2 Å². The number of allylic oxidation sites excluding steroid dienone is 11. The lowest BCUT2D eigenvalue weighted by Gasteiger charge is -2.41. The van der Waals surface area contributed by atoms with E-state index in [4.69, 9.17) is 14.2 Å². The van der Waals surface area contributed by atoms with E-state index in [0.29, 0.717) is 19.3 Å². The Morgan fingerprint density at radius 1 is 0.563 bits per heavy atom. The van der Waals surface area contributed by atoms with Crippen LogP contribution >= 0.6 is 0 Å². The minimum Gasteiger partial charge on any atom is -0.454 e. The summed E-state index contributed by atoms with van der Waals surface area (Å²) >= 11 is 0. The lowest BCUT2D eigenvalue weighted by atomic mass is 9.99. The number of esters is 1. The van der Waals surface area contributed by atoms with Crippen molar-refractivity contribution in [3.05, 3.63) is 72.9 Å². The van der Waals surface area contributed by atoms with Crippen LogP contribution in [0.5, 0.6) is 0 Å². The Kier molecular flexibility index (Phi) is 44.8. The number of unbranched alkanes of at least 4 members (excludes halogenated alkanes) is 23. The van der Waals surface area contributed by atoms with Crippen LogP contribution in [0.1, 0.15) is 233 Å². The van der Waals surface area contributed by atoms with E-state index in [1.165, 1.54) is 109 Å². The van der Waals surface area contributed by atoms with Crippen molar-refractivity contribution in [1.29, 1.82) is 0 Å². The number of hydrogen-bond donors (Lipinski definition) is 6. The maximum absolute atomic E-state index is 13.4. The van der Waals surface area contributed by atoms with Gasteiger partial charge in [0.05, 0.1) is 25.4 Å². The van der Waals surface area contributed by atoms with Gasteiger partial charge in [0.1, 0.15) is 24.4 Å². The summed E-state index contributed by atoms with van der Waals surface area (Å²) in [5, 5.41) is 56.8. The van der Waals surface area contributed by atoms with Crippen LogP contribution in [0.15, 0.2) is 72.9 Å². The van der Waals surface area contributed by atoms with Crippen molar-refractivity contribution in [3.63, 3.8) is 0 Å². The number of carbonyl (C=O) groups excluding carboxylic acids is 2. The average molecular weight is 1000 g/mol. The van der Waals surface area contributed by atoms with Crippen molar-refractivity contribution in [2.45, 2.75) is 282 Å². The van der Waals surface area contributed by atoms with E-state index in [9.17, 15) is 35.1 Å². The minimum absolute atomic E-state index is 0.0438. The summed E-state index contributed by atoms with van der Waals surface area (Å²) < 4.78 is 17.5. The molecule has 6 N–H and O–H groups in total. The van der Waals surface area contributed by atoms with Crippen molar-refractivity contribution in [1.82, 2.24) is 5.32 Å². The first-order valence-corrected chi connectivity index (χ1v) is 28.7. The molecule has 1 saturated heterocycles. The van der Waals surface area contributed by atoms with Gasteiger partial charge in [0.2, 0.25) is 5.91 Å². The molecule has 8 unspecified atom stereocenters. The zero-order valence-electron chi connectivity index (χ0n) is 45.1. The molecule has 0 aromatic rings. The molecule has 1 fully saturated rings. The van der Waals surface area contributed by atoms with Gasteiger partial charge in [0, 0.05) is 6.42 Å².